The maximum absolute atomic E-state index is 10.7. The van der Waals surface area contributed by atoms with Crippen LogP contribution in [0.2, 0.25) is 0 Å². The molecule has 0 unspecified atom stereocenters. The van der Waals surface area contributed by atoms with Crippen LogP contribution in [-0.4, -0.2) is 25.9 Å². The van der Waals surface area contributed by atoms with E-state index in [1.54, 1.807) is 0 Å². The van der Waals surface area contributed by atoms with E-state index in [4.69, 9.17) is 10.9 Å². The van der Waals surface area contributed by atoms with E-state index in [1.807, 2.05) is 12.3 Å². The second kappa shape index (κ2) is 5.84. The SMILES string of the molecule is Cc1csc(Sc2ncc([N+](=O)[O-])cc2C(N)=NO)n1. The van der Waals surface area contributed by atoms with Crippen molar-refractivity contribution in [1.82, 2.24) is 9.97 Å². The summed E-state index contributed by atoms with van der Waals surface area (Å²) in [4.78, 5) is 18.4. The molecule has 0 bridgehead atoms. The quantitative estimate of drug-likeness (QED) is 0.290. The average Bonchev–Trinajstić information content (AvgIpc) is 2.83. The van der Waals surface area contributed by atoms with Gasteiger partial charge in [0.05, 0.1) is 10.5 Å². The zero-order chi connectivity index (χ0) is 14.7. The van der Waals surface area contributed by atoms with Gasteiger partial charge < -0.3 is 10.9 Å². The van der Waals surface area contributed by atoms with Crippen molar-refractivity contribution in [1.29, 1.82) is 0 Å². The highest BCUT2D eigenvalue weighted by molar-refractivity contribution is 8.01. The van der Waals surface area contributed by atoms with Gasteiger partial charge in [-0.15, -0.1) is 11.3 Å². The molecule has 8 nitrogen and oxygen atoms in total. The van der Waals surface area contributed by atoms with E-state index in [0.29, 0.717) is 5.03 Å². The van der Waals surface area contributed by atoms with E-state index in [-0.39, 0.29) is 17.1 Å². The van der Waals surface area contributed by atoms with Crippen LogP contribution in [0.1, 0.15) is 11.3 Å². The normalized spacial score (nSPS) is 11.6. The molecule has 0 fully saturated rings. The fraction of sp³-hybridized carbons (Fsp3) is 0.100. The third-order valence-electron chi connectivity index (χ3n) is 2.21. The number of hydrogen-bond acceptors (Lipinski definition) is 8. The molecule has 0 aliphatic carbocycles. The second-order valence-electron chi connectivity index (χ2n) is 3.65. The molecule has 2 aromatic rings. The molecule has 0 aliphatic rings. The standard InChI is InChI=1S/C10H9N5O3S2/c1-5-4-19-10(13-5)20-9-7(8(11)14-16)2-6(3-12-9)15(17)18/h2-4,16H,1H3,(H2,11,14). The number of rotatable bonds is 4. The number of aromatic nitrogens is 2. The van der Waals surface area contributed by atoms with Crippen molar-refractivity contribution in [2.75, 3.05) is 0 Å². The van der Waals surface area contributed by atoms with Gasteiger partial charge in [-0.25, -0.2) is 9.97 Å². The Morgan fingerprint density at radius 2 is 2.40 bits per heavy atom. The predicted octanol–water partition coefficient (Wildman–Crippen LogP) is 2.00. The minimum absolute atomic E-state index is 0.194. The van der Waals surface area contributed by atoms with Crippen LogP contribution in [-0.2, 0) is 0 Å². The lowest BCUT2D eigenvalue weighted by Crippen LogP contribution is -2.15. The van der Waals surface area contributed by atoms with Crippen LogP contribution in [0.15, 0.2) is 32.2 Å². The molecule has 2 rings (SSSR count). The Balaban J connectivity index is 2.43. The number of nitro groups is 1. The first kappa shape index (κ1) is 14.2. The topological polar surface area (TPSA) is 128 Å². The summed E-state index contributed by atoms with van der Waals surface area (Å²) in [5.41, 5.74) is 6.36. The Morgan fingerprint density at radius 3 is 2.95 bits per heavy atom. The van der Waals surface area contributed by atoms with Crippen LogP contribution in [0.5, 0.6) is 0 Å². The lowest BCUT2D eigenvalue weighted by Gasteiger charge is -2.04. The number of nitrogens with zero attached hydrogens (tertiary/aromatic N) is 4. The van der Waals surface area contributed by atoms with Gasteiger partial charge in [0, 0.05) is 17.1 Å². The molecule has 0 aliphatic heterocycles. The van der Waals surface area contributed by atoms with Crippen LogP contribution in [0.3, 0.4) is 0 Å². The molecule has 2 aromatic heterocycles. The number of amidine groups is 1. The zero-order valence-electron chi connectivity index (χ0n) is 10.2. The number of pyridine rings is 1. The lowest BCUT2D eigenvalue weighted by atomic mass is 10.2. The summed E-state index contributed by atoms with van der Waals surface area (Å²) < 4.78 is 0.718. The summed E-state index contributed by atoms with van der Waals surface area (Å²) in [6.45, 7) is 1.86. The molecule has 0 saturated heterocycles. The molecule has 3 N–H and O–H groups in total. The van der Waals surface area contributed by atoms with Gasteiger partial charge in [-0.05, 0) is 18.7 Å². The Kier molecular flexibility index (Phi) is 4.15. The summed E-state index contributed by atoms with van der Waals surface area (Å²) in [7, 11) is 0. The molecule has 0 radical (unpaired) electrons. The fourth-order valence-corrected chi connectivity index (χ4v) is 3.15. The number of nitrogens with two attached hydrogens (primary N) is 1. The molecule has 0 amide bonds. The molecule has 2 heterocycles. The summed E-state index contributed by atoms with van der Waals surface area (Å²) in [5.74, 6) is -0.239. The highest BCUT2D eigenvalue weighted by Crippen LogP contribution is 2.32. The highest BCUT2D eigenvalue weighted by atomic mass is 32.2. The lowest BCUT2D eigenvalue weighted by molar-refractivity contribution is -0.385. The molecule has 10 heteroatoms. The van der Waals surface area contributed by atoms with Crippen LogP contribution in [0.25, 0.3) is 0 Å². The van der Waals surface area contributed by atoms with Crippen molar-refractivity contribution < 1.29 is 10.1 Å². The van der Waals surface area contributed by atoms with Crippen molar-refractivity contribution in [3.63, 3.8) is 0 Å². The summed E-state index contributed by atoms with van der Waals surface area (Å²) in [6, 6.07) is 1.21. The first-order valence-corrected chi connectivity index (χ1v) is 6.93. The van der Waals surface area contributed by atoms with Gasteiger partial charge in [-0.3, -0.25) is 10.1 Å². The largest absolute Gasteiger partial charge is 0.409 e. The molecular weight excluding hydrogens is 302 g/mol. The van der Waals surface area contributed by atoms with Gasteiger partial charge in [-0.1, -0.05) is 5.16 Å². The Labute approximate surface area is 121 Å². The van der Waals surface area contributed by atoms with Gasteiger partial charge in [0.1, 0.15) is 11.2 Å². The van der Waals surface area contributed by atoms with Gasteiger partial charge in [0.25, 0.3) is 5.69 Å². The number of hydrogen-bond donors (Lipinski definition) is 2. The zero-order valence-corrected chi connectivity index (χ0v) is 11.8. The maximum Gasteiger partial charge on any atom is 0.288 e. The molecule has 104 valence electrons. The van der Waals surface area contributed by atoms with E-state index >= 15 is 0 Å². The summed E-state index contributed by atoms with van der Waals surface area (Å²) in [5, 5.41) is 24.6. The van der Waals surface area contributed by atoms with Crippen molar-refractivity contribution in [3.8, 4) is 0 Å². The van der Waals surface area contributed by atoms with Crippen LogP contribution >= 0.6 is 23.1 Å². The number of oxime groups is 1. The van der Waals surface area contributed by atoms with Crippen molar-refractivity contribution in [2.24, 2.45) is 10.9 Å². The van der Waals surface area contributed by atoms with Gasteiger partial charge in [0.2, 0.25) is 0 Å². The molecular formula is C10H9N5O3S2. The van der Waals surface area contributed by atoms with Crippen LogP contribution in [0, 0.1) is 17.0 Å². The Morgan fingerprint density at radius 1 is 1.65 bits per heavy atom. The third-order valence-corrected chi connectivity index (χ3v) is 4.29. The third kappa shape index (κ3) is 3.03. The van der Waals surface area contributed by atoms with Gasteiger partial charge in [-0.2, -0.15) is 0 Å². The molecule has 0 aromatic carbocycles. The predicted molar refractivity (Wildman–Crippen MR) is 74.4 cm³/mol. The first-order valence-electron chi connectivity index (χ1n) is 5.23. The van der Waals surface area contributed by atoms with E-state index in [9.17, 15) is 10.1 Å². The minimum atomic E-state index is -0.594. The highest BCUT2D eigenvalue weighted by Gasteiger charge is 2.17. The number of aryl methyl sites for hydroxylation is 1. The van der Waals surface area contributed by atoms with Gasteiger partial charge in [0.15, 0.2) is 10.2 Å². The monoisotopic (exact) mass is 311 g/mol. The fourth-order valence-electron chi connectivity index (χ4n) is 1.32. The average molecular weight is 311 g/mol. The van der Waals surface area contributed by atoms with Crippen LogP contribution < -0.4 is 5.73 Å². The molecule has 20 heavy (non-hydrogen) atoms. The van der Waals surface area contributed by atoms with Crippen molar-refractivity contribution in [3.05, 3.63) is 39.0 Å². The van der Waals surface area contributed by atoms with E-state index in [0.717, 1.165) is 16.2 Å². The molecule has 0 atom stereocenters. The van der Waals surface area contributed by atoms with Crippen molar-refractivity contribution >= 4 is 34.6 Å². The molecule has 0 saturated carbocycles. The Hall–Kier alpha value is -2.20. The Bertz CT molecular complexity index is 685. The minimum Gasteiger partial charge on any atom is -0.409 e. The van der Waals surface area contributed by atoms with Gasteiger partial charge >= 0.3 is 0 Å². The summed E-state index contributed by atoms with van der Waals surface area (Å²) >= 11 is 2.62. The van der Waals surface area contributed by atoms with E-state index in [1.165, 1.54) is 29.2 Å². The molecule has 0 spiro atoms. The maximum atomic E-state index is 10.7. The second-order valence-corrected chi connectivity index (χ2v) is 5.74. The van der Waals surface area contributed by atoms with E-state index < -0.39 is 4.92 Å². The first-order chi connectivity index (χ1) is 9.51. The van der Waals surface area contributed by atoms with Crippen molar-refractivity contribution in [2.45, 2.75) is 16.3 Å². The number of thiazole rings is 1. The smallest absolute Gasteiger partial charge is 0.288 e. The van der Waals surface area contributed by atoms with E-state index in [2.05, 4.69) is 15.1 Å². The summed E-state index contributed by atoms with van der Waals surface area (Å²) in [6.07, 6.45) is 1.12. The van der Waals surface area contributed by atoms with Crippen LogP contribution in [0.4, 0.5) is 5.69 Å².